The lowest BCUT2D eigenvalue weighted by Gasteiger charge is -2.13. The third-order valence-electron chi connectivity index (χ3n) is 12.6. The predicted molar refractivity (Wildman–Crippen MR) is 257 cm³/mol. The molecular formula is C57H37N5. The molecule has 0 unspecified atom stereocenters. The minimum atomic E-state index is 0.896. The molecule has 0 radical (unpaired) electrons. The molecule has 0 aliphatic heterocycles. The molecule has 5 nitrogen and oxygen atoms in total. The lowest BCUT2D eigenvalue weighted by molar-refractivity contribution is 0.889. The van der Waals surface area contributed by atoms with E-state index in [1.807, 2.05) is 0 Å². The minimum absolute atomic E-state index is 0.896. The summed E-state index contributed by atoms with van der Waals surface area (Å²) in [6.07, 6.45) is 0. The van der Waals surface area contributed by atoms with Crippen molar-refractivity contribution in [2.45, 2.75) is 0 Å². The highest BCUT2D eigenvalue weighted by atomic mass is 15.3. The van der Waals surface area contributed by atoms with Crippen LogP contribution in [0.3, 0.4) is 0 Å². The molecule has 4 heterocycles. The molecule has 0 spiro atoms. The highest BCUT2D eigenvalue weighted by Gasteiger charge is 2.19. The smallest absolute Gasteiger partial charge is 0.0934 e. The number of hydrogen-bond acceptors (Lipinski definition) is 1. The summed E-state index contributed by atoms with van der Waals surface area (Å²) in [6, 6.07) is 80.8. The van der Waals surface area contributed by atoms with Gasteiger partial charge in [0.1, 0.15) is 0 Å². The van der Waals surface area contributed by atoms with Crippen LogP contribution in [0.4, 0.5) is 0 Å². The van der Waals surface area contributed by atoms with E-state index in [1.165, 1.54) is 65.4 Å². The first kappa shape index (κ1) is 34.5. The fourth-order valence-corrected chi connectivity index (χ4v) is 9.90. The molecule has 9 aromatic carbocycles. The predicted octanol–water partition coefficient (Wildman–Crippen LogP) is 14.5. The molecule has 0 bridgehead atoms. The highest BCUT2D eigenvalue weighted by Crippen LogP contribution is 2.38. The number of para-hydroxylation sites is 6. The minimum Gasteiger partial charge on any atom is -0.309 e. The number of rotatable bonds is 6. The number of hydrogen-bond donors (Lipinski definition) is 0. The summed E-state index contributed by atoms with van der Waals surface area (Å²) in [5.74, 6) is 0. The van der Waals surface area contributed by atoms with Gasteiger partial charge in [0.2, 0.25) is 0 Å². The first-order valence-electron chi connectivity index (χ1n) is 21.1. The zero-order chi connectivity index (χ0) is 40.7. The molecule has 5 heteroatoms. The van der Waals surface area contributed by atoms with Gasteiger partial charge in [0.25, 0.3) is 0 Å². The highest BCUT2D eigenvalue weighted by molar-refractivity contribution is 6.11. The molecule has 0 amide bonds. The SMILES string of the molecule is c1cc(-c2cc(-c3cccc(-n4c5ccccc5c5ccccc54)c3)n(-c3cccc(-n4c5ccccc5c5ccccc54)c3)n2)cc(-n2c3ccccc3c3ccccc32)c1. The molecular weight excluding hydrogens is 755 g/mol. The van der Waals surface area contributed by atoms with Crippen LogP contribution in [-0.4, -0.2) is 23.5 Å². The molecule has 0 fully saturated rings. The Morgan fingerprint density at radius 3 is 1.00 bits per heavy atom. The van der Waals surface area contributed by atoms with E-state index in [4.69, 9.17) is 5.10 Å². The monoisotopic (exact) mass is 791 g/mol. The van der Waals surface area contributed by atoms with Gasteiger partial charge in [-0.05, 0) is 84.9 Å². The molecule has 0 atom stereocenters. The van der Waals surface area contributed by atoms with Crippen molar-refractivity contribution in [3.8, 4) is 45.3 Å². The van der Waals surface area contributed by atoms with Crippen LogP contribution in [0.1, 0.15) is 0 Å². The van der Waals surface area contributed by atoms with Crippen LogP contribution in [-0.2, 0) is 0 Å². The standard InChI is InChI=1S/C57H37N5/c1-7-28-51-44(22-1)45-23-2-8-29-52(45)59(51)40-18-13-16-38(34-40)50-37-57(39-17-14-19-41(35-39)60-53-30-9-3-24-46(53)47-25-4-10-31-54(47)60)62(58-50)43-21-15-20-42(36-43)61-55-32-11-5-26-48(55)49-27-6-12-33-56(49)61/h1-37H. The van der Waals surface area contributed by atoms with Crippen molar-refractivity contribution in [2.75, 3.05) is 0 Å². The van der Waals surface area contributed by atoms with Gasteiger partial charge >= 0.3 is 0 Å². The lowest BCUT2D eigenvalue weighted by atomic mass is 10.1. The third-order valence-corrected chi connectivity index (χ3v) is 12.6. The maximum Gasteiger partial charge on any atom is 0.0934 e. The second-order valence-electron chi connectivity index (χ2n) is 16.1. The van der Waals surface area contributed by atoms with Crippen molar-refractivity contribution in [3.63, 3.8) is 0 Å². The number of benzene rings is 9. The van der Waals surface area contributed by atoms with Crippen molar-refractivity contribution >= 4 is 65.4 Å². The Morgan fingerprint density at radius 1 is 0.258 bits per heavy atom. The fourth-order valence-electron chi connectivity index (χ4n) is 9.90. The fraction of sp³-hybridized carbons (Fsp3) is 0. The maximum atomic E-state index is 5.50. The zero-order valence-corrected chi connectivity index (χ0v) is 33.6. The lowest BCUT2D eigenvalue weighted by Crippen LogP contribution is -2.02. The Morgan fingerprint density at radius 2 is 0.581 bits per heavy atom. The van der Waals surface area contributed by atoms with Crippen molar-refractivity contribution in [3.05, 3.63) is 224 Å². The van der Waals surface area contributed by atoms with E-state index in [-0.39, 0.29) is 0 Å². The zero-order valence-electron chi connectivity index (χ0n) is 33.6. The summed E-state index contributed by atoms with van der Waals surface area (Å²) in [4.78, 5) is 0. The Kier molecular flexibility index (Phi) is 7.54. The molecule has 62 heavy (non-hydrogen) atoms. The van der Waals surface area contributed by atoms with Crippen molar-refractivity contribution < 1.29 is 0 Å². The number of aromatic nitrogens is 5. The number of nitrogens with zero attached hydrogens (tertiary/aromatic N) is 5. The van der Waals surface area contributed by atoms with E-state index in [9.17, 15) is 0 Å². The average Bonchev–Trinajstić information content (AvgIpc) is 4.11. The van der Waals surface area contributed by atoms with E-state index in [2.05, 4.69) is 243 Å². The Labute approximate surface area is 357 Å². The summed E-state index contributed by atoms with van der Waals surface area (Å²) in [5.41, 5.74) is 15.3. The normalized spacial score (nSPS) is 11.9. The van der Waals surface area contributed by atoms with Crippen molar-refractivity contribution in [1.29, 1.82) is 0 Å². The Bertz CT molecular complexity index is 3560. The summed E-state index contributed by atoms with van der Waals surface area (Å²) < 4.78 is 9.26. The third kappa shape index (κ3) is 5.18. The molecule has 0 saturated heterocycles. The second-order valence-corrected chi connectivity index (χ2v) is 16.1. The van der Waals surface area contributed by atoms with E-state index >= 15 is 0 Å². The molecule has 4 aromatic heterocycles. The molecule has 0 aliphatic rings. The van der Waals surface area contributed by atoms with Crippen molar-refractivity contribution in [2.24, 2.45) is 0 Å². The van der Waals surface area contributed by atoms with Gasteiger partial charge in [0.15, 0.2) is 0 Å². The maximum absolute atomic E-state index is 5.50. The van der Waals surface area contributed by atoms with Crippen LogP contribution >= 0.6 is 0 Å². The van der Waals surface area contributed by atoms with E-state index in [0.717, 1.165) is 45.3 Å². The van der Waals surface area contributed by atoms with Gasteiger partial charge in [0.05, 0.1) is 50.2 Å². The van der Waals surface area contributed by atoms with Crippen LogP contribution in [0, 0.1) is 0 Å². The first-order valence-corrected chi connectivity index (χ1v) is 21.1. The Balaban J connectivity index is 1.02. The van der Waals surface area contributed by atoms with Crippen LogP contribution in [0.2, 0.25) is 0 Å². The molecule has 0 N–H and O–H groups in total. The van der Waals surface area contributed by atoms with Crippen LogP contribution < -0.4 is 0 Å². The van der Waals surface area contributed by atoms with Gasteiger partial charge in [-0.2, -0.15) is 5.10 Å². The van der Waals surface area contributed by atoms with Gasteiger partial charge < -0.3 is 13.7 Å². The van der Waals surface area contributed by atoms with Gasteiger partial charge in [-0.3, -0.25) is 0 Å². The summed E-state index contributed by atoms with van der Waals surface area (Å²) in [7, 11) is 0. The number of fused-ring (bicyclic) bond motifs is 9. The quantitative estimate of drug-likeness (QED) is 0.165. The molecule has 0 saturated carbocycles. The summed E-state index contributed by atoms with van der Waals surface area (Å²) in [5, 5.41) is 12.9. The topological polar surface area (TPSA) is 32.6 Å². The van der Waals surface area contributed by atoms with Crippen LogP contribution in [0.5, 0.6) is 0 Å². The molecule has 13 rings (SSSR count). The molecule has 290 valence electrons. The van der Waals surface area contributed by atoms with E-state index in [1.54, 1.807) is 0 Å². The largest absolute Gasteiger partial charge is 0.309 e. The Hall–Kier alpha value is -8.41. The van der Waals surface area contributed by atoms with Gasteiger partial charge in [0, 0.05) is 60.5 Å². The molecule has 13 aromatic rings. The van der Waals surface area contributed by atoms with E-state index < -0.39 is 0 Å². The molecule has 0 aliphatic carbocycles. The first-order chi connectivity index (χ1) is 30.8. The average molecular weight is 792 g/mol. The summed E-state index contributed by atoms with van der Waals surface area (Å²) >= 11 is 0. The second kappa shape index (κ2) is 13.6. The summed E-state index contributed by atoms with van der Waals surface area (Å²) in [6.45, 7) is 0. The van der Waals surface area contributed by atoms with Crippen LogP contribution in [0.15, 0.2) is 224 Å². The van der Waals surface area contributed by atoms with Gasteiger partial charge in [-0.15, -0.1) is 0 Å². The van der Waals surface area contributed by atoms with Gasteiger partial charge in [-0.1, -0.05) is 140 Å². The van der Waals surface area contributed by atoms with Crippen LogP contribution in [0.25, 0.3) is 111 Å². The van der Waals surface area contributed by atoms with E-state index in [0.29, 0.717) is 0 Å². The van der Waals surface area contributed by atoms with Crippen molar-refractivity contribution in [1.82, 2.24) is 23.5 Å². The van der Waals surface area contributed by atoms with Gasteiger partial charge in [-0.25, -0.2) is 4.68 Å².